The zero-order valence-corrected chi connectivity index (χ0v) is 12.7. The number of rotatable bonds is 4. The van der Waals surface area contributed by atoms with Crippen molar-refractivity contribution in [2.45, 2.75) is 26.3 Å². The molecule has 0 saturated carbocycles. The van der Waals surface area contributed by atoms with Crippen molar-refractivity contribution >= 4 is 21.6 Å². The van der Waals surface area contributed by atoms with Crippen LogP contribution in [0.3, 0.4) is 0 Å². The second-order valence-corrected chi connectivity index (χ2v) is 5.59. The first-order valence-corrected chi connectivity index (χ1v) is 7.21. The molecule has 0 aliphatic carbocycles. The van der Waals surface area contributed by atoms with E-state index in [0.29, 0.717) is 5.75 Å². The fourth-order valence-electron chi connectivity index (χ4n) is 2.14. The van der Waals surface area contributed by atoms with Crippen LogP contribution in [0.15, 0.2) is 46.9 Å². The number of hydrogen-bond donors (Lipinski definition) is 2. The van der Waals surface area contributed by atoms with Crippen molar-refractivity contribution < 1.29 is 5.11 Å². The van der Waals surface area contributed by atoms with E-state index in [-0.39, 0.29) is 6.04 Å². The van der Waals surface area contributed by atoms with E-state index in [1.54, 1.807) is 6.07 Å². The van der Waals surface area contributed by atoms with Gasteiger partial charge in [0, 0.05) is 15.7 Å². The Morgan fingerprint density at radius 3 is 2.68 bits per heavy atom. The lowest BCUT2D eigenvalue weighted by atomic mass is 10.0. The van der Waals surface area contributed by atoms with Gasteiger partial charge in [-0.25, -0.2) is 0 Å². The SMILES string of the molecule is CCC(Nc1cccc(C)c1)c1cc(Br)ccc1O. The largest absolute Gasteiger partial charge is 0.508 e. The van der Waals surface area contributed by atoms with Gasteiger partial charge in [-0.05, 0) is 49.2 Å². The maximum absolute atomic E-state index is 10.0. The number of aromatic hydroxyl groups is 1. The van der Waals surface area contributed by atoms with Crippen molar-refractivity contribution in [3.8, 4) is 5.75 Å². The second-order valence-electron chi connectivity index (χ2n) is 4.68. The van der Waals surface area contributed by atoms with Gasteiger partial charge in [-0.2, -0.15) is 0 Å². The van der Waals surface area contributed by atoms with Gasteiger partial charge in [0.15, 0.2) is 0 Å². The molecule has 0 aliphatic heterocycles. The third-order valence-corrected chi connectivity index (χ3v) is 3.63. The summed E-state index contributed by atoms with van der Waals surface area (Å²) in [4.78, 5) is 0. The Morgan fingerprint density at radius 2 is 2.00 bits per heavy atom. The summed E-state index contributed by atoms with van der Waals surface area (Å²) in [5, 5.41) is 13.5. The highest BCUT2D eigenvalue weighted by Crippen LogP contribution is 2.31. The molecule has 0 saturated heterocycles. The summed E-state index contributed by atoms with van der Waals surface area (Å²) in [7, 11) is 0. The highest BCUT2D eigenvalue weighted by atomic mass is 79.9. The topological polar surface area (TPSA) is 32.3 Å². The molecule has 100 valence electrons. The van der Waals surface area contributed by atoms with Crippen LogP contribution >= 0.6 is 15.9 Å². The van der Waals surface area contributed by atoms with E-state index < -0.39 is 0 Å². The lowest BCUT2D eigenvalue weighted by molar-refractivity contribution is 0.462. The van der Waals surface area contributed by atoms with Crippen molar-refractivity contribution in [3.05, 3.63) is 58.1 Å². The summed E-state index contributed by atoms with van der Waals surface area (Å²) in [6.45, 7) is 4.18. The van der Waals surface area contributed by atoms with Gasteiger partial charge in [-0.3, -0.25) is 0 Å². The van der Waals surface area contributed by atoms with Crippen molar-refractivity contribution in [1.29, 1.82) is 0 Å². The number of phenols is 1. The van der Waals surface area contributed by atoms with E-state index in [2.05, 4.69) is 47.2 Å². The Morgan fingerprint density at radius 1 is 1.21 bits per heavy atom. The fourth-order valence-corrected chi connectivity index (χ4v) is 2.52. The van der Waals surface area contributed by atoms with Crippen molar-refractivity contribution in [2.75, 3.05) is 5.32 Å². The third-order valence-electron chi connectivity index (χ3n) is 3.13. The number of aryl methyl sites for hydroxylation is 1. The molecule has 0 spiro atoms. The molecule has 0 heterocycles. The predicted octanol–water partition coefficient (Wildman–Crippen LogP) is 5.03. The van der Waals surface area contributed by atoms with Gasteiger partial charge >= 0.3 is 0 Å². The van der Waals surface area contributed by atoms with Gasteiger partial charge in [0.2, 0.25) is 0 Å². The van der Waals surface area contributed by atoms with Gasteiger partial charge in [0.05, 0.1) is 6.04 Å². The summed E-state index contributed by atoms with van der Waals surface area (Å²) >= 11 is 3.45. The zero-order valence-electron chi connectivity index (χ0n) is 11.2. The molecular weight excluding hydrogens is 302 g/mol. The average molecular weight is 320 g/mol. The molecule has 3 heteroatoms. The Balaban J connectivity index is 2.27. The van der Waals surface area contributed by atoms with Crippen LogP contribution in [0.1, 0.15) is 30.5 Å². The van der Waals surface area contributed by atoms with Gasteiger partial charge in [-0.15, -0.1) is 0 Å². The van der Waals surface area contributed by atoms with Crippen LogP contribution in [0.4, 0.5) is 5.69 Å². The predicted molar refractivity (Wildman–Crippen MR) is 83.6 cm³/mol. The maximum atomic E-state index is 10.0. The number of anilines is 1. The van der Waals surface area contributed by atoms with Crippen molar-refractivity contribution in [1.82, 2.24) is 0 Å². The number of phenolic OH excluding ortho intramolecular Hbond substituents is 1. The van der Waals surface area contributed by atoms with E-state index in [1.807, 2.05) is 24.3 Å². The standard InChI is InChI=1S/C16H18BrNO/c1-3-15(14-10-12(17)7-8-16(14)19)18-13-6-4-5-11(2)9-13/h4-10,15,18-19H,3H2,1-2H3. The molecule has 0 amide bonds. The van der Waals surface area contributed by atoms with E-state index in [1.165, 1.54) is 5.56 Å². The van der Waals surface area contributed by atoms with E-state index >= 15 is 0 Å². The Labute approximate surface area is 122 Å². The van der Waals surface area contributed by atoms with Crippen LogP contribution in [0.5, 0.6) is 5.75 Å². The second kappa shape index (κ2) is 6.11. The van der Waals surface area contributed by atoms with Gasteiger partial charge in [-0.1, -0.05) is 35.0 Å². The van der Waals surface area contributed by atoms with E-state index in [0.717, 1.165) is 22.1 Å². The summed E-state index contributed by atoms with van der Waals surface area (Å²) in [5.74, 6) is 0.329. The lowest BCUT2D eigenvalue weighted by Gasteiger charge is -2.20. The molecule has 19 heavy (non-hydrogen) atoms. The quantitative estimate of drug-likeness (QED) is 0.828. The monoisotopic (exact) mass is 319 g/mol. The lowest BCUT2D eigenvalue weighted by Crippen LogP contribution is -2.10. The van der Waals surface area contributed by atoms with Crippen LogP contribution in [-0.2, 0) is 0 Å². The van der Waals surface area contributed by atoms with Crippen LogP contribution in [0.2, 0.25) is 0 Å². The molecule has 0 fully saturated rings. The molecule has 0 radical (unpaired) electrons. The molecule has 1 unspecified atom stereocenters. The number of hydrogen-bond acceptors (Lipinski definition) is 2. The number of halogens is 1. The zero-order chi connectivity index (χ0) is 13.8. The van der Waals surface area contributed by atoms with Crippen LogP contribution in [0.25, 0.3) is 0 Å². The summed E-state index contributed by atoms with van der Waals surface area (Å²) in [6, 6.07) is 13.9. The normalized spacial score (nSPS) is 12.2. The highest BCUT2D eigenvalue weighted by molar-refractivity contribution is 9.10. The Hall–Kier alpha value is -1.48. The minimum Gasteiger partial charge on any atom is -0.508 e. The minimum atomic E-state index is 0.0966. The Kier molecular flexibility index (Phi) is 4.48. The molecule has 2 aromatic rings. The smallest absolute Gasteiger partial charge is 0.120 e. The molecule has 2 nitrogen and oxygen atoms in total. The van der Waals surface area contributed by atoms with E-state index in [4.69, 9.17) is 0 Å². The summed E-state index contributed by atoms with van der Waals surface area (Å²) < 4.78 is 0.977. The average Bonchev–Trinajstić information content (AvgIpc) is 2.39. The molecule has 2 aromatic carbocycles. The van der Waals surface area contributed by atoms with E-state index in [9.17, 15) is 5.11 Å². The molecule has 1 atom stereocenters. The maximum Gasteiger partial charge on any atom is 0.120 e. The molecule has 0 bridgehead atoms. The fraction of sp³-hybridized carbons (Fsp3) is 0.250. The highest BCUT2D eigenvalue weighted by Gasteiger charge is 2.13. The van der Waals surface area contributed by atoms with Crippen molar-refractivity contribution in [2.24, 2.45) is 0 Å². The molecule has 2 rings (SSSR count). The molecular formula is C16H18BrNO. The minimum absolute atomic E-state index is 0.0966. The third kappa shape index (κ3) is 3.51. The summed E-state index contributed by atoms with van der Waals surface area (Å²) in [5.41, 5.74) is 3.21. The first kappa shape index (κ1) is 13.9. The van der Waals surface area contributed by atoms with Crippen LogP contribution in [-0.4, -0.2) is 5.11 Å². The molecule has 0 aromatic heterocycles. The Bertz CT molecular complexity index is 568. The van der Waals surface area contributed by atoms with Gasteiger partial charge < -0.3 is 10.4 Å². The molecule has 2 N–H and O–H groups in total. The number of nitrogens with one attached hydrogen (secondary N) is 1. The number of benzene rings is 2. The summed E-state index contributed by atoms with van der Waals surface area (Å²) in [6.07, 6.45) is 0.901. The van der Waals surface area contributed by atoms with Gasteiger partial charge in [0.1, 0.15) is 5.75 Å². The van der Waals surface area contributed by atoms with Crippen molar-refractivity contribution in [3.63, 3.8) is 0 Å². The van der Waals surface area contributed by atoms with Crippen LogP contribution < -0.4 is 5.32 Å². The first-order valence-electron chi connectivity index (χ1n) is 6.41. The van der Waals surface area contributed by atoms with Gasteiger partial charge in [0.25, 0.3) is 0 Å². The first-order chi connectivity index (χ1) is 9.10. The molecule has 0 aliphatic rings. The van der Waals surface area contributed by atoms with Crippen LogP contribution in [0, 0.1) is 6.92 Å².